The molecule has 17 nitrogen and oxygen atoms in total. The number of nitrogens with zero attached hydrogens (tertiary/aromatic N) is 2. The van der Waals surface area contributed by atoms with Crippen molar-refractivity contribution in [1.29, 1.82) is 0 Å². The number of phosphoric acid groups is 1. The molecule has 0 saturated carbocycles. The van der Waals surface area contributed by atoms with Gasteiger partial charge in [-0.05, 0) is 13.0 Å². The molecule has 11 atom stereocenters. The minimum atomic E-state index is -5.38. The lowest BCUT2D eigenvalue weighted by Crippen LogP contribution is -2.61. The molecule has 0 bridgehead atoms. The molecule has 9 unspecified atom stereocenters. The van der Waals surface area contributed by atoms with Crippen LogP contribution in [0.25, 0.3) is 0 Å². The Bertz CT molecular complexity index is 1100. The normalized spacial score (nSPS) is 36.9. The number of hydrogen-bond acceptors (Lipinski definition) is 14. The van der Waals surface area contributed by atoms with Crippen molar-refractivity contribution in [3.8, 4) is 0 Å². The summed E-state index contributed by atoms with van der Waals surface area (Å²) in [5, 5.41) is 69.8. The highest BCUT2D eigenvalue weighted by Crippen LogP contribution is 2.52. The molecule has 0 radical (unpaired) electrons. The van der Waals surface area contributed by atoms with E-state index in [9.17, 15) is 49.7 Å². The second kappa shape index (κ2) is 11.7. The van der Waals surface area contributed by atoms with Gasteiger partial charge in [-0.25, -0.2) is 18.7 Å². The Hall–Kier alpha value is -1.86. The van der Waals surface area contributed by atoms with E-state index < -0.39 is 99.8 Å². The van der Waals surface area contributed by atoms with Crippen LogP contribution in [0.4, 0.5) is 0 Å². The van der Waals surface area contributed by atoms with Crippen molar-refractivity contribution in [2.75, 3.05) is 13.2 Å². The van der Waals surface area contributed by atoms with Gasteiger partial charge in [-0.1, -0.05) is 6.92 Å². The first-order chi connectivity index (χ1) is 17.6. The Labute approximate surface area is 215 Å². The fraction of sp³-hybridized carbons (Fsp3) is 0.750. The number of carboxylic acid groups (broad SMARTS) is 1. The zero-order valence-electron chi connectivity index (χ0n) is 20.2. The van der Waals surface area contributed by atoms with E-state index in [0.717, 1.165) is 4.57 Å². The number of aliphatic hydroxyl groups is 6. The molecule has 1 aromatic heterocycles. The molecule has 2 aliphatic heterocycles. The number of rotatable bonds is 10. The molecule has 2 saturated heterocycles. The van der Waals surface area contributed by atoms with Crippen LogP contribution in [0.1, 0.15) is 25.3 Å². The summed E-state index contributed by atoms with van der Waals surface area (Å²) in [6, 6.07) is 1.44. The lowest BCUT2D eigenvalue weighted by atomic mass is 9.85. The number of carboxylic acids is 1. The van der Waals surface area contributed by atoms with Gasteiger partial charge in [0.05, 0.1) is 25.4 Å². The van der Waals surface area contributed by atoms with E-state index in [1.165, 1.54) is 19.2 Å². The molecule has 0 aliphatic carbocycles. The van der Waals surface area contributed by atoms with E-state index in [0.29, 0.717) is 5.69 Å². The molecule has 0 amide bonds. The largest absolute Gasteiger partial charge is 0.477 e. The van der Waals surface area contributed by atoms with Gasteiger partial charge in [0.1, 0.15) is 30.5 Å². The minimum absolute atomic E-state index is 0.384. The fourth-order valence-corrected chi connectivity index (χ4v) is 5.12. The molecule has 18 heteroatoms. The highest BCUT2D eigenvalue weighted by atomic mass is 31.2. The van der Waals surface area contributed by atoms with Crippen LogP contribution in [0.15, 0.2) is 17.1 Å². The van der Waals surface area contributed by atoms with E-state index >= 15 is 0 Å². The van der Waals surface area contributed by atoms with Crippen LogP contribution in [0, 0.1) is 12.8 Å². The number of aryl methyl sites for hydroxylation is 1. The molecule has 8 N–H and O–H groups in total. The topological polar surface area (TPSA) is 268 Å². The maximum atomic E-state index is 12.7. The third kappa shape index (κ3) is 6.30. The Morgan fingerprint density at radius 2 is 1.97 bits per heavy atom. The molecule has 2 aliphatic rings. The van der Waals surface area contributed by atoms with E-state index in [4.69, 9.17) is 23.6 Å². The van der Waals surface area contributed by atoms with Gasteiger partial charge in [0.15, 0.2) is 6.23 Å². The van der Waals surface area contributed by atoms with Gasteiger partial charge >= 0.3 is 19.5 Å². The zero-order valence-corrected chi connectivity index (χ0v) is 21.1. The van der Waals surface area contributed by atoms with Crippen molar-refractivity contribution in [2.24, 2.45) is 5.92 Å². The third-order valence-corrected chi connectivity index (χ3v) is 7.42. The van der Waals surface area contributed by atoms with Crippen molar-refractivity contribution >= 4 is 13.8 Å². The van der Waals surface area contributed by atoms with Crippen LogP contribution in [-0.2, 0) is 27.9 Å². The van der Waals surface area contributed by atoms with Crippen molar-refractivity contribution in [2.45, 2.75) is 75.0 Å². The second-order valence-corrected chi connectivity index (χ2v) is 10.6. The first kappa shape index (κ1) is 30.7. The summed E-state index contributed by atoms with van der Waals surface area (Å²) in [7, 11) is -5.38. The third-order valence-electron chi connectivity index (χ3n) is 6.42. The fourth-order valence-electron chi connectivity index (χ4n) is 4.17. The van der Waals surface area contributed by atoms with E-state index in [2.05, 4.69) is 4.98 Å². The summed E-state index contributed by atoms with van der Waals surface area (Å²) >= 11 is 0. The number of hydrogen-bond donors (Lipinski definition) is 8. The SMILES string of the molecule is Cc1ccn(C2OC(COP(=O)(O)OC3(C(=O)O)CC(O)C(C)C([C@H](O)[C@H](O)CO)O3)C(O)C2O)c(=O)n1. The van der Waals surface area contributed by atoms with Crippen molar-refractivity contribution in [3.63, 3.8) is 0 Å². The molecular weight excluding hydrogens is 539 g/mol. The van der Waals surface area contributed by atoms with Gasteiger partial charge in [-0.2, -0.15) is 4.98 Å². The number of carbonyl (C=O) groups is 1. The molecular formula is C20H31N2O15P. The predicted molar refractivity (Wildman–Crippen MR) is 120 cm³/mol. The van der Waals surface area contributed by atoms with Gasteiger partial charge in [0.25, 0.3) is 5.79 Å². The molecule has 216 valence electrons. The Kier molecular flexibility index (Phi) is 9.45. The molecule has 0 aromatic carbocycles. The summed E-state index contributed by atoms with van der Waals surface area (Å²) in [4.78, 5) is 38.1. The van der Waals surface area contributed by atoms with E-state index in [1.807, 2.05) is 0 Å². The summed E-state index contributed by atoms with van der Waals surface area (Å²) in [6.45, 7) is 1.03. The summed E-state index contributed by atoms with van der Waals surface area (Å²) < 4.78 is 33.8. The quantitative estimate of drug-likeness (QED) is 0.127. The van der Waals surface area contributed by atoms with Crippen LogP contribution in [0.3, 0.4) is 0 Å². The van der Waals surface area contributed by atoms with Crippen LogP contribution in [0.5, 0.6) is 0 Å². The Morgan fingerprint density at radius 1 is 1.32 bits per heavy atom. The molecule has 0 spiro atoms. The van der Waals surface area contributed by atoms with Crippen molar-refractivity contribution in [3.05, 3.63) is 28.4 Å². The second-order valence-electron chi connectivity index (χ2n) is 9.17. The highest BCUT2D eigenvalue weighted by molar-refractivity contribution is 7.47. The van der Waals surface area contributed by atoms with E-state index in [1.54, 1.807) is 6.92 Å². The molecule has 1 aromatic rings. The monoisotopic (exact) mass is 570 g/mol. The number of phosphoric ester groups is 1. The molecule has 3 rings (SSSR count). The molecule has 38 heavy (non-hydrogen) atoms. The Morgan fingerprint density at radius 3 is 2.55 bits per heavy atom. The smallest absolute Gasteiger partial charge is 0.475 e. The van der Waals surface area contributed by atoms with Gasteiger partial charge in [0, 0.05) is 24.2 Å². The molecule has 3 heterocycles. The van der Waals surface area contributed by atoms with Crippen LogP contribution >= 0.6 is 7.82 Å². The Balaban J connectivity index is 1.74. The lowest BCUT2D eigenvalue weighted by molar-refractivity contribution is -0.296. The first-order valence-electron chi connectivity index (χ1n) is 11.4. The van der Waals surface area contributed by atoms with Gasteiger partial charge in [0.2, 0.25) is 0 Å². The number of aliphatic hydroxyl groups excluding tert-OH is 6. The number of ether oxygens (including phenoxy) is 2. The van der Waals surface area contributed by atoms with Crippen LogP contribution in [0.2, 0.25) is 0 Å². The minimum Gasteiger partial charge on any atom is -0.477 e. The average molecular weight is 570 g/mol. The van der Waals surface area contributed by atoms with Gasteiger partial charge in [-0.15, -0.1) is 0 Å². The summed E-state index contributed by atoms with van der Waals surface area (Å²) in [5.41, 5.74) is -0.414. The maximum Gasteiger partial charge on any atom is 0.475 e. The lowest BCUT2D eigenvalue weighted by Gasteiger charge is -2.45. The highest BCUT2D eigenvalue weighted by Gasteiger charge is 2.57. The van der Waals surface area contributed by atoms with Crippen LogP contribution < -0.4 is 5.69 Å². The van der Waals surface area contributed by atoms with Gasteiger partial charge in [-0.3, -0.25) is 9.09 Å². The van der Waals surface area contributed by atoms with Crippen molar-refractivity contribution < 1.29 is 68.5 Å². The van der Waals surface area contributed by atoms with Crippen LogP contribution in [-0.4, -0.2) is 118 Å². The van der Waals surface area contributed by atoms with Gasteiger partial charge < -0.3 is 50.1 Å². The average Bonchev–Trinajstić information content (AvgIpc) is 3.12. The summed E-state index contributed by atoms with van der Waals surface area (Å²) in [6.07, 6.45) is -12.9. The number of aromatic nitrogens is 2. The predicted octanol–water partition coefficient (Wildman–Crippen LogP) is -3.41. The first-order valence-corrected chi connectivity index (χ1v) is 12.9. The van der Waals surface area contributed by atoms with Crippen molar-refractivity contribution in [1.82, 2.24) is 9.55 Å². The standard InChI is InChI=1S/C20H31N2O15P/c1-8-3-4-22(19(31)21-8)17-15(28)14(27)12(35-17)7-34-38(32,33)37-20(18(29)30)5-10(24)9(2)16(36-20)13(26)11(25)6-23/h3-4,9-17,23-28H,5-7H2,1-2H3,(H,29,30)(H,32,33)/t9?,10?,11-,12?,13-,14?,15?,16?,17?,20?/m1/s1. The number of aliphatic carboxylic acids is 1. The summed E-state index contributed by atoms with van der Waals surface area (Å²) in [5.74, 6) is -6.01. The zero-order chi connectivity index (χ0) is 28.6. The maximum absolute atomic E-state index is 12.7. The molecule has 2 fully saturated rings. The van der Waals surface area contributed by atoms with E-state index in [-0.39, 0.29) is 0 Å².